The second-order valence-corrected chi connectivity index (χ2v) is 6.03. The Labute approximate surface area is 131 Å². The first-order valence-corrected chi connectivity index (χ1v) is 7.81. The Bertz CT molecular complexity index is 626. The lowest BCUT2D eigenvalue weighted by Gasteiger charge is -2.15. The zero-order valence-electron chi connectivity index (χ0n) is 12.2. The monoisotopic (exact) mass is 301 g/mol. The van der Waals surface area contributed by atoms with Crippen molar-refractivity contribution in [2.75, 3.05) is 6.61 Å². The number of hydrogen-bond acceptors (Lipinski definition) is 2. The van der Waals surface area contributed by atoms with Crippen LogP contribution in [0.1, 0.15) is 23.6 Å². The molecule has 1 aliphatic heterocycles. The first kappa shape index (κ1) is 14.4. The smallest absolute Gasteiger partial charge is 0.122 e. The summed E-state index contributed by atoms with van der Waals surface area (Å²) in [6.45, 7) is 3.88. The molecular weight excluding hydrogens is 282 g/mol. The van der Waals surface area contributed by atoms with Crippen molar-refractivity contribution < 1.29 is 4.74 Å². The van der Waals surface area contributed by atoms with Gasteiger partial charge in [-0.25, -0.2) is 0 Å². The van der Waals surface area contributed by atoms with E-state index >= 15 is 0 Å². The summed E-state index contributed by atoms with van der Waals surface area (Å²) in [5, 5.41) is 4.41. The van der Waals surface area contributed by atoms with Gasteiger partial charge in [-0.1, -0.05) is 41.9 Å². The molecule has 3 heteroatoms. The third-order valence-corrected chi connectivity index (χ3v) is 4.26. The maximum atomic E-state index is 6.21. The highest BCUT2D eigenvalue weighted by atomic mass is 35.5. The molecule has 0 spiro atoms. The Morgan fingerprint density at radius 2 is 2.10 bits per heavy atom. The summed E-state index contributed by atoms with van der Waals surface area (Å²) in [7, 11) is 0. The lowest BCUT2D eigenvalue weighted by molar-refractivity contribution is 0.357. The van der Waals surface area contributed by atoms with Crippen LogP contribution in [0.5, 0.6) is 5.75 Å². The molecule has 21 heavy (non-hydrogen) atoms. The van der Waals surface area contributed by atoms with E-state index in [9.17, 15) is 0 Å². The van der Waals surface area contributed by atoms with E-state index in [4.69, 9.17) is 16.3 Å². The molecule has 110 valence electrons. The van der Waals surface area contributed by atoms with Gasteiger partial charge in [0.05, 0.1) is 6.61 Å². The van der Waals surface area contributed by atoms with Crippen LogP contribution >= 0.6 is 11.6 Å². The largest absolute Gasteiger partial charge is 0.493 e. The molecule has 1 aliphatic rings. The van der Waals surface area contributed by atoms with E-state index in [-0.39, 0.29) is 0 Å². The highest BCUT2D eigenvalue weighted by Crippen LogP contribution is 2.25. The van der Waals surface area contributed by atoms with Crippen molar-refractivity contribution in [3.63, 3.8) is 0 Å². The fourth-order valence-electron chi connectivity index (χ4n) is 2.71. The van der Waals surface area contributed by atoms with E-state index < -0.39 is 0 Å². The topological polar surface area (TPSA) is 21.3 Å². The molecule has 0 amide bonds. The minimum Gasteiger partial charge on any atom is -0.493 e. The predicted octanol–water partition coefficient (Wildman–Crippen LogP) is 4.00. The van der Waals surface area contributed by atoms with Gasteiger partial charge in [-0.15, -0.1) is 0 Å². The lowest BCUT2D eigenvalue weighted by atomic mass is 10.1. The Balaban J connectivity index is 1.56. The molecule has 0 aromatic heterocycles. The van der Waals surface area contributed by atoms with E-state index in [1.807, 2.05) is 18.2 Å². The standard InChI is InChI=1S/C18H20ClNO/c1-13(10-15-4-2-3-5-17(15)19)20-12-14-6-7-18-16(11-14)8-9-21-18/h2-7,11,13,20H,8-10,12H2,1H3. The number of rotatable bonds is 5. The van der Waals surface area contributed by atoms with Crippen molar-refractivity contribution in [3.8, 4) is 5.75 Å². The van der Waals surface area contributed by atoms with Gasteiger partial charge in [-0.3, -0.25) is 0 Å². The normalized spacial score (nSPS) is 14.6. The molecular formula is C18H20ClNO. The molecule has 0 radical (unpaired) electrons. The molecule has 0 bridgehead atoms. The van der Waals surface area contributed by atoms with Gasteiger partial charge in [0, 0.05) is 24.0 Å². The molecule has 0 saturated heterocycles. The van der Waals surface area contributed by atoms with Crippen LogP contribution in [0.3, 0.4) is 0 Å². The molecule has 0 fully saturated rings. The van der Waals surface area contributed by atoms with Gasteiger partial charge >= 0.3 is 0 Å². The molecule has 1 atom stereocenters. The fourth-order valence-corrected chi connectivity index (χ4v) is 2.92. The highest BCUT2D eigenvalue weighted by Gasteiger charge is 2.12. The van der Waals surface area contributed by atoms with Crippen LogP contribution in [0, 0.1) is 0 Å². The minimum atomic E-state index is 0.384. The fraction of sp³-hybridized carbons (Fsp3) is 0.333. The van der Waals surface area contributed by atoms with Gasteiger partial charge in [-0.2, -0.15) is 0 Å². The van der Waals surface area contributed by atoms with E-state index in [0.717, 1.165) is 36.8 Å². The molecule has 0 saturated carbocycles. The van der Waals surface area contributed by atoms with Crippen molar-refractivity contribution in [2.24, 2.45) is 0 Å². The van der Waals surface area contributed by atoms with Crippen molar-refractivity contribution in [3.05, 3.63) is 64.2 Å². The van der Waals surface area contributed by atoms with Crippen molar-refractivity contribution >= 4 is 11.6 Å². The summed E-state index contributed by atoms with van der Waals surface area (Å²) < 4.78 is 5.54. The average molecular weight is 302 g/mol. The van der Waals surface area contributed by atoms with Crippen LogP contribution in [0.2, 0.25) is 5.02 Å². The van der Waals surface area contributed by atoms with Crippen molar-refractivity contribution in [1.82, 2.24) is 5.32 Å². The maximum absolute atomic E-state index is 6.21. The first-order valence-electron chi connectivity index (χ1n) is 7.44. The van der Waals surface area contributed by atoms with Gasteiger partial charge in [0.2, 0.25) is 0 Å². The van der Waals surface area contributed by atoms with E-state index in [1.54, 1.807) is 0 Å². The van der Waals surface area contributed by atoms with Gasteiger partial charge in [-0.05, 0) is 42.2 Å². The maximum Gasteiger partial charge on any atom is 0.122 e. The van der Waals surface area contributed by atoms with Crippen LogP contribution in [-0.4, -0.2) is 12.6 Å². The summed E-state index contributed by atoms with van der Waals surface area (Å²) >= 11 is 6.21. The molecule has 2 aromatic carbocycles. The van der Waals surface area contributed by atoms with Crippen LogP contribution in [-0.2, 0) is 19.4 Å². The third kappa shape index (κ3) is 3.58. The van der Waals surface area contributed by atoms with E-state index in [0.29, 0.717) is 6.04 Å². The van der Waals surface area contributed by atoms with Gasteiger partial charge in [0.25, 0.3) is 0 Å². The van der Waals surface area contributed by atoms with Crippen molar-refractivity contribution in [1.29, 1.82) is 0 Å². The SMILES string of the molecule is CC(Cc1ccccc1Cl)NCc1ccc2c(c1)CCO2. The third-order valence-electron chi connectivity index (χ3n) is 3.89. The summed E-state index contributed by atoms with van der Waals surface area (Å²) in [6, 6.07) is 14.9. The molecule has 1 heterocycles. The summed E-state index contributed by atoms with van der Waals surface area (Å²) in [6.07, 6.45) is 1.96. The second kappa shape index (κ2) is 6.50. The van der Waals surface area contributed by atoms with E-state index in [1.165, 1.54) is 16.7 Å². The van der Waals surface area contributed by atoms with Crippen molar-refractivity contribution in [2.45, 2.75) is 32.4 Å². The number of hydrogen-bond donors (Lipinski definition) is 1. The Morgan fingerprint density at radius 3 is 2.95 bits per heavy atom. The van der Waals surface area contributed by atoms with Gasteiger partial charge < -0.3 is 10.1 Å². The zero-order chi connectivity index (χ0) is 14.7. The first-order chi connectivity index (χ1) is 10.2. The molecule has 2 aromatic rings. The summed E-state index contributed by atoms with van der Waals surface area (Å²) in [5.74, 6) is 1.04. The Morgan fingerprint density at radius 1 is 1.24 bits per heavy atom. The molecule has 1 N–H and O–H groups in total. The quantitative estimate of drug-likeness (QED) is 0.901. The van der Waals surface area contributed by atoms with Crippen LogP contribution in [0.15, 0.2) is 42.5 Å². The number of fused-ring (bicyclic) bond motifs is 1. The Hall–Kier alpha value is -1.51. The predicted molar refractivity (Wildman–Crippen MR) is 87.1 cm³/mol. The Kier molecular flexibility index (Phi) is 4.47. The lowest BCUT2D eigenvalue weighted by Crippen LogP contribution is -2.27. The number of ether oxygens (including phenoxy) is 1. The van der Waals surface area contributed by atoms with Crippen LogP contribution < -0.4 is 10.1 Å². The van der Waals surface area contributed by atoms with Crippen LogP contribution in [0.4, 0.5) is 0 Å². The van der Waals surface area contributed by atoms with E-state index in [2.05, 4.69) is 36.5 Å². The average Bonchev–Trinajstić information content (AvgIpc) is 2.95. The summed E-state index contributed by atoms with van der Waals surface area (Å²) in [4.78, 5) is 0. The second-order valence-electron chi connectivity index (χ2n) is 5.62. The number of halogens is 1. The number of benzene rings is 2. The van der Waals surface area contributed by atoms with Crippen LogP contribution in [0.25, 0.3) is 0 Å². The molecule has 1 unspecified atom stereocenters. The molecule has 3 rings (SSSR count). The summed E-state index contributed by atoms with van der Waals surface area (Å²) in [5.41, 5.74) is 3.83. The van der Waals surface area contributed by atoms with Gasteiger partial charge in [0.1, 0.15) is 5.75 Å². The highest BCUT2D eigenvalue weighted by molar-refractivity contribution is 6.31. The minimum absolute atomic E-state index is 0.384. The van der Waals surface area contributed by atoms with Gasteiger partial charge in [0.15, 0.2) is 0 Å². The number of nitrogens with one attached hydrogen (secondary N) is 1. The molecule has 0 aliphatic carbocycles. The zero-order valence-corrected chi connectivity index (χ0v) is 13.0. The molecule has 2 nitrogen and oxygen atoms in total.